The summed E-state index contributed by atoms with van der Waals surface area (Å²) in [6.45, 7) is 2.44. The zero-order valence-corrected chi connectivity index (χ0v) is 18.3. The summed E-state index contributed by atoms with van der Waals surface area (Å²) in [5.41, 5.74) is 1.15. The van der Waals surface area contributed by atoms with Crippen molar-refractivity contribution in [3.63, 3.8) is 0 Å². The molecule has 2 heterocycles. The van der Waals surface area contributed by atoms with Gasteiger partial charge in [-0.2, -0.15) is 0 Å². The summed E-state index contributed by atoms with van der Waals surface area (Å²) < 4.78 is 11.8. The zero-order chi connectivity index (χ0) is 22.0. The highest BCUT2D eigenvalue weighted by Gasteiger charge is 2.46. The molecule has 0 bridgehead atoms. The van der Waals surface area contributed by atoms with Crippen LogP contribution in [0.4, 0.5) is 0 Å². The maximum absolute atomic E-state index is 13.0. The molecule has 31 heavy (non-hydrogen) atoms. The second-order valence-electron chi connectivity index (χ2n) is 7.02. The second kappa shape index (κ2) is 8.81. The fourth-order valence-electron chi connectivity index (χ4n) is 3.66. The summed E-state index contributed by atoms with van der Waals surface area (Å²) in [6, 6.07) is 16.8. The molecule has 1 N–H and O–H groups in total. The number of hydrogen-bond acceptors (Lipinski definition) is 5. The van der Waals surface area contributed by atoms with E-state index in [0.29, 0.717) is 29.2 Å². The number of ketones is 1. The minimum absolute atomic E-state index is 0.0347. The summed E-state index contributed by atoms with van der Waals surface area (Å²) >= 11 is 3.41. The lowest BCUT2D eigenvalue weighted by molar-refractivity contribution is -0.140. The van der Waals surface area contributed by atoms with Crippen LogP contribution >= 0.6 is 15.9 Å². The number of furan rings is 1. The molecule has 2 aromatic carbocycles. The smallest absolute Gasteiger partial charge is 0.296 e. The lowest BCUT2D eigenvalue weighted by atomic mass is 9.95. The molecule has 1 unspecified atom stereocenters. The van der Waals surface area contributed by atoms with Crippen LogP contribution in [0.3, 0.4) is 0 Å². The van der Waals surface area contributed by atoms with Gasteiger partial charge in [-0.05, 0) is 48.9 Å². The molecule has 3 aromatic rings. The number of amides is 1. The van der Waals surface area contributed by atoms with E-state index >= 15 is 0 Å². The molecule has 1 aromatic heterocycles. The van der Waals surface area contributed by atoms with Gasteiger partial charge >= 0.3 is 0 Å². The van der Waals surface area contributed by atoms with Crippen LogP contribution in [0.1, 0.15) is 29.9 Å². The largest absolute Gasteiger partial charge is 0.507 e. The molecule has 1 aliphatic heterocycles. The zero-order valence-electron chi connectivity index (χ0n) is 16.7. The van der Waals surface area contributed by atoms with Crippen LogP contribution in [-0.2, 0) is 16.1 Å². The van der Waals surface area contributed by atoms with E-state index in [1.54, 1.807) is 36.4 Å². The number of benzene rings is 2. The SMILES string of the molecule is CCOc1cccc(/C(O)=C2\C(=O)C(=O)N(Cc3ccco3)C2c2ccc(Br)cc2)c1. The van der Waals surface area contributed by atoms with Crippen LogP contribution in [-0.4, -0.2) is 28.3 Å². The maximum atomic E-state index is 13.0. The average Bonchev–Trinajstić information content (AvgIpc) is 3.37. The molecule has 6 nitrogen and oxygen atoms in total. The summed E-state index contributed by atoms with van der Waals surface area (Å²) in [6.07, 6.45) is 1.51. The van der Waals surface area contributed by atoms with E-state index in [1.807, 2.05) is 31.2 Å². The normalized spacial score (nSPS) is 17.9. The Balaban J connectivity index is 1.84. The van der Waals surface area contributed by atoms with Gasteiger partial charge in [-0.3, -0.25) is 9.59 Å². The van der Waals surface area contributed by atoms with Crippen molar-refractivity contribution in [3.05, 3.63) is 93.9 Å². The predicted octanol–water partition coefficient (Wildman–Crippen LogP) is 5.06. The Morgan fingerprint density at radius 2 is 1.90 bits per heavy atom. The van der Waals surface area contributed by atoms with Crippen molar-refractivity contribution in [2.24, 2.45) is 0 Å². The van der Waals surface area contributed by atoms with Gasteiger partial charge in [0, 0.05) is 10.0 Å². The first-order chi connectivity index (χ1) is 15.0. The van der Waals surface area contributed by atoms with Gasteiger partial charge in [0.15, 0.2) is 0 Å². The van der Waals surface area contributed by atoms with Crippen molar-refractivity contribution in [3.8, 4) is 5.75 Å². The summed E-state index contributed by atoms with van der Waals surface area (Å²) in [4.78, 5) is 27.4. The number of aliphatic hydroxyl groups excluding tert-OH is 1. The maximum Gasteiger partial charge on any atom is 0.296 e. The molecule has 0 radical (unpaired) electrons. The van der Waals surface area contributed by atoms with E-state index in [1.165, 1.54) is 11.2 Å². The van der Waals surface area contributed by atoms with Gasteiger partial charge in [-0.25, -0.2) is 0 Å². The van der Waals surface area contributed by atoms with Crippen molar-refractivity contribution < 1.29 is 23.8 Å². The predicted molar refractivity (Wildman–Crippen MR) is 118 cm³/mol. The lowest BCUT2D eigenvalue weighted by Gasteiger charge is -2.24. The van der Waals surface area contributed by atoms with Gasteiger partial charge in [0.2, 0.25) is 0 Å². The topological polar surface area (TPSA) is 80.0 Å². The Morgan fingerprint density at radius 3 is 2.58 bits per heavy atom. The Labute approximate surface area is 187 Å². The molecule has 0 aliphatic carbocycles. The molecule has 1 atom stereocenters. The van der Waals surface area contributed by atoms with Crippen LogP contribution in [0.5, 0.6) is 5.75 Å². The fourth-order valence-corrected chi connectivity index (χ4v) is 3.92. The Bertz CT molecular complexity index is 1140. The Kier molecular flexibility index (Phi) is 5.95. The molecule has 4 rings (SSSR count). The van der Waals surface area contributed by atoms with Gasteiger partial charge in [0.05, 0.1) is 31.0 Å². The number of rotatable bonds is 6. The Morgan fingerprint density at radius 1 is 1.13 bits per heavy atom. The first-order valence-electron chi connectivity index (χ1n) is 9.79. The minimum atomic E-state index is -0.756. The minimum Gasteiger partial charge on any atom is -0.507 e. The number of carbonyl (C=O) groups excluding carboxylic acids is 2. The standard InChI is InChI=1S/C24H20BrNO5/c1-2-30-18-6-3-5-16(13-18)22(27)20-21(15-8-10-17(25)11-9-15)26(24(29)23(20)28)14-19-7-4-12-31-19/h3-13,21,27H,2,14H2,1H3/b22-20+. The molecule has 1 fully saturated rings. The van der Waals surface area contributed by atoms with Crippen molar-refractivity contribution >= 4 is 33.4 Å². The highest BCUT2D eigenvalue weighted by atomic mass is 79.9. The van der Waals surface area contributed by atoms with Gasteiger partial charge < -0.3 is 19.2 Å². The van der Waals surface area contributed by atoms with Crippen molar-refractivity contribution in [2.45, 2.75) is 19.5 Å². The van der Waals surface area contributed by atoms with Gasteiger partial charge in [-0.1, -0.05) is 40.2 Å². The van der Waals surface area contributed by atoms with Crippen LogP contribution in [0.25, 0.3) is 5.76 Å². The Hall–Kier alpha value is -3.32. The van der Waals surface area contributed by atoms with Crippen LogP contribution in [0, 0.1) is 0 Å². The fraction of sp³-hybridized carbons (Fsp3) is 0.167. The number of carbonyl (C=O) groups is 2. The van der Waals surface area contributed by atoms with E-state index < -0.39 is 17.7 Å². The third kappa shape index (κ3) is 4.14. The number of aliphatic hydroxyl groups is 1. The quantitative estimate of drug-likeness (QED) is 0.302. The second-order valence-corrected chi connectivity index (χ2v) is 7.93. The van der Waals surface area contributed by atoms with Crippen LogP contribution in [0.2, 0.25) is 0 Å². The van der Waals surface area contributed by atoms with Crippen LogP contribution < -0.4 is 4.74 Å². The highest BCUT2D eigenvalue weighted by molar-refractivity contribution is 9.10. The molecular formula is C24H20BrNO5. The molecule has 0 saturated carbocycles. The van der Waals surface area contributed by atoms with Crippen molar-refractivity contribution in [1.82, 2.24) is 4.90 Å². The van der Waals surface area contributed by atoms with E-state index in [4.69, 9.17) is 9.15 Å². The van der Waals surface area contributed by atoms with E-state index in [-0.39, 0.29) is 17.9 Å². The summed E-state index contributed by atoms with van der Waals surface area (Å²) in [5, 5.41) is 11.1. The molecule has 0 spiro atoms. The van der Waals surface area contributed by atoms with E-state index in [0.717, 1.165) is 4.47 Å². The van der Waals surface area contributed by atoms with Gasteiger partial charge in [0.25, 0.3) is 11.7 Å². The first kappa shape index (κ1) is 20.9. The van der Waals surface area contributed by atoms with Crippen LogP contribution in [0.15, 0.2) is 81.4 Å². The number of likely N-dealkylation sites (tertiary alicyclic amines) is 1. The number of hydrogen-bond donors (Lipinski definition) is 1. The molecule has 1 aliphatic rings. The van der Waals surface area contributed by atoms with Gasteiger partial charge in [0.1, 0.15) is 17.3 Å². The highest BCUT2D eigenvalue weighted by Crippen LogP contribution is 2.40. The van der Waals surface area contributed by atoms with Crippen molar-refractivity contribution in [2.75, 3.05) is 6.61 Å². The summed E-state index contributed by atoms with van der Waals surface area (Å²) in [5.74, 6) is -0.556. The van der Waals surface area contributed by atoms with Crippen molar-refractivity contribution in [1.29, 1.82) is 0 Å². The molecule has 7 heteroatoms. The number of nitrogens with zero attached hydrogens (tertiary/aromatic N) is 1. The number of Topliss-reactive ketones (excluding diaryl/α,β-unsaturated/α-hetero) is 1. The van der Waals surface area contributed by atoms with E-state index in [2.05, 4.69) is 15.9 Å². The molecule has 1 saturated heterocycles. The number of halogens is 1. The third-order valence-electron chi connectivity index (χ3n) is 5.05. The average molecular weight is 482 g/mol. The third-order valence-corrected chi connectivity index (χ3v) is 5.58. The lowest BCUT2D eigenvalue weighted by Crippen LogP contribution is -2.29. The first-order valence-corrected chi connectivity index (χ1v) is 10.6. The number of ether oxygens (including phenoxy) is 1. The van der Waals surface area contributed by atoms with Gasteiger partial charge in [-0.15, -0.1) is 0 Å². The van der Waals surface area contributed by atoms with E-state index in [9.17, 15) is 14.7 Å². The molecule has 158 valence electrons. The molecule has 1 amide bonds. The molecular weight excluding hydrogens is 462 g/mol. The summed E-state index contributed by atoms with van der Waals surface area (Å²) in [7, 11) is 0. The monoisotopic (exact) mass is 481 g/mol.